The van der Waals surface area contributed by atoms with Crippen LogP contribution in [0.2, 0.25) is 0 Å². The third-order valence-electron chi connectivity index (χ3n) is 6.21. The van der Waals surface area contributed by atoms with Gasteiger partial charge in [-0.25, -0.2) is 23.2 Å². The summed E-state index contributed by atoms with van der Waals surface area (Å²) in [6, 6.07) is 1.61. The van der Waals surface area contributed by atoms with Crippen LogP contribution in [0.4, 0.5) is 10.5 Å². The predicted molar refractivity (Wildman–Crippen MR) is 110 cm³/mol. The van der Waals surface area contributed by atoms with Crippen LogP contribution in [-0.2, 0) is 40.5 Å². The van der Waals surface area contributed by atoms with Gasteiger partial charge in [0.05, 0.1) is 12.7 Å². The van der Waals surface area contributed by atoms with Crippen molar-refractivity contribution in [2.24, 2.45) is 0 Å². The maximum absolute atomic E-state index is 13.1. The van der Waals surface area contributed by atoms with E-state index < -0.39 is 15.9 Å². The largest absolute Gasteiger partial charge is 0.474 e. The second kappa shape index (κ2) is 6.98. The lowest BCUT2D eigenvalue weighted by Gasteiger charge is -2.32. The van der Waals surface area contributed by atoms with Crippen LogP contribution >= 0.6 is 0 Å². The number of carbonyl (C=O) groups is 1. The molecule has 0 radical (unpaired) electrons. The Morgan fingerprint density at radius 1 is 1.40 bits per heavy atom. The van der Waals surface area contributed by atoms with Crippen molar-refractivity contribution in [3.8, 4) is 5.88 Å². The van der Waals surface area contributed by atoms with E-state index in [0.29, 0.717) is 12.5 Å². The first-order valence-electron chi connectivity index (χ1n) is 10.1. The highest BCUT2D eigenvalue weighted by molar-refractivity contribution is 7.91. The molecule has 1 aliphatic heterocycles. The van der Waals surface area contributed by atoms with E-state index in [2.05, 4.69) is 28.1 Å². The Balaban J connectivity index is 1.38. The first-order chi connectivity index (χ1) is 14.4. The van der Waals surface area contributed by atoms with Gasteiger partial charge in [-0.15, -0.1) is 0 Å². The minimum absolute atomic E-state index is 0.0619. The molecule has 0 unspecified atom stereocenters. The Hall–Kier alpha value is -2.59. The zero-order valence-corrected chi connectivity index (χ0v) is 17.8. The second-order valence-corrected chi connectivity index (χ2v) is 9.95. The van der Waals surface area contributed by atoms with Gasteiger partial charge >= 0.3 is 6.03 Å². The van der Waals surface area contributed by atoms with E-state index in [1.807, 2.05) is 0 Å². The molecule has 5 rings (SSSR count). The molecule has 3 aliphatic rings. The van der Waals surface area contributed by atoms with Crippen LogP contribution in [0.15, 0.2) is 17.2 Å². The first-order valence-corrected chi connectivity index (χ1v) is 11.7. The lowest BCUT2D eigenvalue weighted by molar-refractivity contribution is 0.0165. The quantitative estimate of drug-likeness (QED) is 0.688. The van der Waals surface area contributed by atoms with E-state index in [0.717, 1.165) is 31.4 Å². The Morgan fingerprint density at radius 3 is 3.00 bits per heavy atom. The molecule has 1 aromatic heterocycles. The number of methoxy groups -OCH3 is 1. The summed E-state index contributed by atoms with van der Waals surface area (Å²) in [5.41, 5.74) is 5.73. The molecule has 3 atom stereocenters. The van der Waals surface area contributed by atoms with Crippen LogP contribution in [0.3, 0.4) is 0 Å². The highest BCUT2D eigenvalue weighted by atomic mass is 32.2. The Labute approximate surface area is 175 Å². The molecule has 9 nitrogen and oxygen atoms in total. The van der Waals surface area contributed by atoms with Crippen LogP contribution in [0.5, 0.6) is 5.88 Å². The zero-order valence-electron chi connectivity index (χ0n) is 17.0. The molecule has 2 amide bonds. The fraction of sp³-hybridized carbons (Fsp3) is 0.500. The van der Waals surface area contributed by atoms with Gasteiger partial charge in [0.2, 0.25) is 5.88 Å². The van der Waals surface area contributed by atoms with Gasteiger partial charge in [0.25, 0.3) is 0 Å². The summed E-state index contributed by atoms with van der Waals surface area (Å²) in [5.74, 6) is 0.619. The number of amides is 2. The van der Waals surface area contributed by atoms with Gasteiger partial charge in [0.1, 0.15) is 17.6 Å². The molecular formula is C20H25N5O4S. The number of fused-ring (bicyclic) bond motifs is 3. The van der Waals surface area contributed by atoms with Gasteiger partial charge in [0.15, 0.2) is 9.92 Å². The SMILES string of the molecule is CO[C@@H]1COc2c([S@](=N)(=O)NC(=O)Nc3c4c(cc5c3[C@@H](C)C5)CCC4)cnn2C1. The molecule has 2 aliphatic carbocycles. The number of rotatable bonds is 4. The number of aryl methyl sites for hydroxylation is 1. The lowest BCUT2D eigenvalue weighted by Crippen LogP contribution is -2.36. The number of hydrogen-bond acceptors (Lipinski definition) is 6. The van der Waals surface area contributed by atoms with Crippen molar-refractivity contribution < 1.29 is 18.5 Å². The summed E-state index contributed by atoms with van der Waals surface area (Å²) in [7, 11) is -2.06. The van der Waals surface area contributed by atoms with Crippen LogP contribution in [-0.4, -0.2) is 39.8 Å². The molecule has 30 heavy (non-hydrogen) atoms. The average molecular weight is 432 g/mol. The van der Waals surface area contributed by atoms with Crippen molar-refractivity contribution in [3.63, 3.8) is 0 Å². The van der Waals surface area contributed by atoms with Gasteiger partial charge in [-0.05, 0) is 53.9 Å². The summed E-state index contributed by atoms with van der Waals surface area (Å²) < 4.78 is 36.1. The van der Waals surface area contributed by atoms with Crippen molar-refractivity contribution in [3.05, 3.63) is 34.5 Å². The van der Waals surface area contributed by atoms with Crippen LogP contribution in [0, 0.1) is 4.78 Å². The summed E-state index contributed by atoms with van der Waals surface area (Å²) in [6.07, 6.45) is 5.18. The van der Waals surface area contributed by atoms with Crippen molar-refractivity contribution in [2.45, 2.75) is 56.1 Å². The summed E-state index contributed by atoms with van der Waals surface area (Å²) in [4.78, 5) is 12.8. The maximum Gasteiger partial charge on any atom is 0.331 e. The highest BCUT2D eigenvalue weighted by Gasteiger charge is 2.33. The fourth-order valence-corrected chi connectivity index (χ4v) is 5.74. The number of nitrogens with one attached hydrogen (secondary N) is 3. The molecule has 0 spiro atoms. The molecule has 0 fully saturated rings. The number of benzene rings is 1. The molecule has 1 aromatic carbocycles. The van der Waals surface area contributed by atoms with E-state index in [-0.39, 0.29) is 23.5 Å². The third kappa shape index (κ3) is 3.05. The normalized spacial score (nSPS) is 23.3. The van der Waals surface area contributed by atoms with Crippen LogP contribution < -0.4 is 14.8 Å². The standard InChI is InChI=1S/C20H25N5O4S/c1-11-6-13-7-12-4-3-5-15(12)18(17(11)13)23-20(26)24-30(21,27)16-8-22-25-9-14(28-2)10-29-19(16)25/h7-8,11,14H,3-6,9-10H2,1-2H3,(H3,21,23,24,26,27)/t11-,14-,30+/m0/s1. The molecule has 3 N–H and O–H groups in total. The molecule has 0 bridgehead atoms. The number of carbonyl (C=O) groups excluding carboxylic acids is 1. The van der Waals surface area contributed by atoms with E-state index in [1.165, 1.54) is 33.1 Å². The minimum atomic E-state index is -3.65. The molecule has 0 saturated carbocycles. The monoisotopic (exact) mass is 431 g/mol. The lowest BCUT2D eigenvalue weighted by atomic mass is 9.75. The Bertz CT molecular complexity index is 1140. The summed E-state index contributed by atoms with van der Waals surface area (Å²) in [5, 5.41) is 7.06. The van der Waals surface area contributed by atoms with E-state index in [4.69, 9.17) is 14.3 Å². The van der Waals surface area contributed by atoms with Crippen molar-refractivity contribution >= 4 is 21.6 Å². The summed E-state index contributed by atoms with van der Waals surface area (Å²) in [6.45, 7) is 2.86. The average Bonchev–Trinajstić information content (AvgIpc) is 3.33. The number of anilines is 1. The number of nitrogens with zero attached hydrogens (tertiary/aromatic N) is 2. The third-order valence-corrected chi connectivity index (χ3v) is 7.58. The van der Waals surface area contributed by atoms with Gasteiger partial charge in [-0.2, -0.15) is 5.10 Å². The second-order valence-electron chi connectivity index (χ2n) is 8.20. The predicted octanol–water partition coefficient (Wildman–Crippen LogP) is 2.58. The van der Waals surface area contributed by atoms with Crippen molar-refractivity contribution in [1.29, 1.82) is 4.78 Å². The fourth-order valence-electron chi connectivity index (χ4n) is 4.71. The summed E-state index contributed by atoms with van der Waals surface area (Å²) >= 11 is 0. The van der Waals surface area contributed by atoms with Gasteiger partial charge in [0, 0.05) is 12.8 Å². The number of urea groups is 1. The minimum Gasteiger partial charge on any atom is -0.474 e. The number of ether oxygens (including phenoxy) is 2. The maximum atomic E-state index is 13.1. The number of hydrogen-bond donors (Lipinski definition) is 3. The van der Waals surface area contributed by atoms with Crippen LogP contribution in [0.25, 0.3) is 0 Å². The molecule has 0 saturated heterocycles. The highest BCUT2D eigenvalue weighted by Crippen LogP contribution is 2.45. The van der Waals surface area contributed by atoms with Crippen molar-refractivity contribution in [2.75, 3.05) is 19.0 Å². The zero-order chi connectivity index (χ0) is 21.0. The Morgan fingerprint density at radius 2 is 2.23 bits per heavy atom. The molecule has 2 heterocycles. The molecule has 160 valence electrons. The van der Waals surface area contributed by atoms with E-state index in [1.54, 1.807) is 7.11 Å². The first kappa shape index (κ1) is 19.4. The van der Waals surface area contributed by atoms with Gasteiger partial charge in [-0.3, -0.25) is 0 Å². The van der Waals surface area contributed by atoms with Crippen LogP contribution in [0.1, 0.15) is 41.5 Å². The molecule has 2 aromatic rings. The van der Waals surface area contributed by atoms with E-state index in [9.17, 15) is 9.00 Å². The smallest absolute Gasteiger partial charge is 0.331 e. The topological polar surface area (TPSA) is 118 Å². The van der Waals surface area contributed by atoms with Crippen molar-refractivity contribution in [1.82, 2.24) is 14.5 Å². The molecule has 10 heteroatoms. The number of aromatic nitrogens is 2. The van der Waals surface area contributed by atoms with Gasteiger partial charge < -0.3 is 14.8 Å². The van der Waals surface area contributed by atoms with Gasteiger partial charge in [-0.1, -0.05) is 13.0 Å². The van der Waals surface area contributed by atoms with E-state index >= 15 is 0 Å². The molecular weight excluding hydrogens is 406 g/mol. The Kier molecular flexibility index (Phi) is 4.51.